The summed E-state index contributed by atoms with van der Waals surface area (Å²) in [5.74, 6) is 0.455. The molecule has 0 saturated carbocycles. The predicted molar refractivity (Wildman–Crippen MR) is 53.6 cm³/mol. The van der Waals surface area contributed by atoms with Crippen LogP contribution >= 0.6 is 0 Å². The molecule has 3 N–H and O–H groups in total. The fraction of sp³-hybridized carbons (Fsp3) is 0.500. The van der Waals surface area contributed by atoms with E-state index in [9.17, 15) is 8.42 Å². The van der Waals surface area contributed by atoms with Gasteiger partial charge in [0.25, 0.3) is 0 Å². The van der Waals surface area contributed by atoms with Gasteiger partial charge < -0.3 is 10.8 Å². The minimum absolute atomic E-state index is 0.0758. The number of fused-ring (bicyclic) bond motifs is 1. The molecule has 0 bridgehead atoms. The molecule has 2 heterocycles. The Balaban J connectivity index is 2.46. The van der Waals surface area contributed by atoms with E-state index < -0.39 is 9.84 Å². The van der Waals surface area contributed by atoms with Crippen LogP contribution in [-0.2, 0) is 27.8 Å². The molecule has 7 heteroatoms. The summed E-state index contributed by atoms with van der Waals surface area (Å²) in [5, 5.41) is 8.72. The van der Waals surface area contributed by atoms with Gasteiger partial charge in [0, 0.05) is 12.0 Å². The zero-order valence-electron chi connectivity index (χ0n) is 7.97. The number of nitrogens with two attached hydrogens (primary N) is 1. The number of nitrogens with zero attached hydrogens (tertiary/aromatic N) is 2. The first-order valence-electron chi connectivity index (χ1n) is 4.47. The van der Waals surface area contributed by atoms with Crippen molar-refractivity contribution in [2.75, 3.05) is 12.3 Å². The molecule has 1 aromatic heterocycles. The summed E-state index contributed by atoms with van der Waals surface area (Å²) in [5.41, 5.74) is 6.62. The lowest BCUT2D eigenvalue weighted by Gasteiger charge is -2.03. The second kappa shape index (κ2) is 3.42. The summed E-state index contributed by atoms with van der Waals surface area (Å²) >= 11 is 0. The lowest BCUT2D eigenvalue weighted by Crippen LogP contribution is -2.06. The van der Waals surface area contributed by atoms with E-state index in [-0.39, 0.29) is 30.4 Å². The molecule has 1 aliphatic heterocycles. The van der Waals surface area contributed by atoms with Crippen LogP contribution in [0.5, 0.6) is 0 Å². The zero-order valence-corrected chi connectivity index (χ0v) is 8.79. The van der Waals surface area contributed by atoms with Gasteiger partial charge in [-0.25, -0.2) is 18.4 Å². The second-order valence-corrected chi connectivity index (χ2v) is 5.52. The molecule has 0 amide bonds. The van der Waals surface area contributed by atoms with Crippen LogP contribution in [0, 0.1) is 0 Å². The molecule has 0 aliphatic carbocycles. The van der Waals surface area contributed by atoms with Crippen LogP contribution < -0.4 is 5.73 Å². The van der Waals surface area contributed by atoms with Gasteiger partial charge in [-0.15, -0.1) is 0 Å². The molecule has 6 nitrogen and oxygen atoms in total. The molecule has 0 saturated heterocycles. The molecule has 0 spiro atoms. The Morgan fingerprint density at radius 1 is 1.33 bits per heavy atom. The van der Waals surface area contributed by atoms with Crippen molar-refractivity contribution >= 4 is 15.7 Å². The van der Waals surface area contributed by atoms with Crippen molar-refractivity contribution in [2.45, 2.75) is 17.9 Å². The van der Waals surface area contributed by atoms with Gasteiger partial charge in [-0.05, 0) is 0 Å². The van der Waals surface area contributed by atoms with Gasteiger partial charge in [0.05, 0.1) is 23.8 Å². The minimum Gasteiger partial charge on any atom is -0.396 e. The molecule has 0 radical (unpaired) electrons. The number of aromatic nitrogens is 2. The third-order valence-electron chi connectivity index (χ3n) is 2.23. The third kappa shape index (κ3) is 1.93. The lowest BCUT2D eigenvalue weighted by atomic mass is 10.2. The van der Waals surface area contributed by atoms with Gasteiger partial charge in [0.15, 0.2) is 9.84 Å². The number of aliphatic hydroxyl groups excluding tert-OH is 1. The van der Waals surface area contributed by atoms with Crippen LogP contribution in [0.3, 0.4) is 0 Å². The highest BCUT2D eigenvalue weighted by Gasteiger charge is 2.29. The largest absolute Gasteiger partial charge is 0.396 e. The number of hydrogen-bond acceptors (Lipinski definition) is 6. The molecule has 0 unspecified atom stereocenters. The van der Waals surface area contributed by atoms with E-state index in [2.05, 4.69) is 9.97 Å². The number of rotatable bonds is 2. The standard InChI is InChI=1S/C8H11N3O3S/c9-8-5-3-15(13,14)4-6(5)10-7(11-8)1-2-12/h12H,1-4H2,(H2,9,10,11). The number of sulfone groups is 1. The first-order chi connectivity index (χ1) is 7.02. The van der Waals surface area contributed by atoms with Crippen molar-refractivity contribution in [1.82, 2.24) is 9.97 Å². The highest BCUT2D eigenvalue weighted by Crippen LogP contribution is 2.26. The topological polar surface area (TPSA) is 106 Å². The summed E-state index contributed by atoms with van der Waals surface area (Å²) in [7, 11) is -3.10. The van der Waals surface area contributed by atoms with Gasteiger partial charge in [0.1, 0.15) is 11.6 Å². The Kier molecular flexibility index (Phi) is 2.35. The van der Waals surface area contributed by atoms with Crippen molar-refractivity contribution in [3.05, 3.63) is 17.1 Å². The van der Waals surface area contributed by atoms with Crippen molar-refractivity contribution in [3.8, 4) is 0 Å². The van der Waals surface area contributed by atoms with E-state index in [1.165, 1.54) is 0 Å². The summed E-state index contributed by atoms with van der Waals surface area (Å²) in [6.07, 6.45) is 0.289. The molecule has 1 aliphatic rings. The number of anilines is 1. The van der Waals surface area contributed by atoms with Gasteiger partial charge in [-0.2, -0.15) is 0 Å². The van der Waals surface area contributed by atoms with Crippen LogP contribution in [0.2, 0.25) is 0 Å². The monoisotopic (exact) mass is 229 g/mol. The van der Waals surface area contributed by atoms with Crippen LogP contribution in [0.25, 0.3) is 0 Å². The lowest BCUT2D eigenvalue weighted by molar-refractivity contribution is 0.296. The highest BCUT2D eigenvalue weighted by molar-refractivity contribution is 7.90. The Hall–Kier alpha value is -1.21. The molecule has 82 valence electrons. The Labute approximate surface area is 87.1 Å². The number of hydrogen-bond donors (Lipinski definition) is 2. The smallest absolute Gasteiger partial charge is 0.160 e. The molecule has 0 fully saturated rings. The van der Waals surface area contributed by atoms with Crippen LogP contribution in [-0.4, -0.2) is 30.1 Å². The Morgan fingerprint density at radius 2 is 2.07 bits per heavy atom. The molecule has 15 heavy (non-hydrogen) atoms. The first kappa shape index (κ1) is 10.3. The SMILES string of the molecule is Nc1nc(CCO)nc2c1CS(=O)(=O)C2. The summed E-state index contributed by atoms with van der Waals surface area (Å²) in [4.78, 5) is 8.01. The van der Waals surface area contributed by atoms with Crippen LogP contribution in [0.15, 0.2) is 0 Å². The van der Waals surface area contributed by atoms with Crippen molar-refractivity contribution in [1.29, 1.82) is 0 Å². The number of aliphatic hydroxyl groups is 1. The average Bonchev–Trinajstić information content (AvgIpc) is 2.41. The van der Waals surface area contributed by atoms with Gasteiger partial charge >= 0.3 is 0 Å². The maximum Gasteiger partial charge on any atom is 0.160 e. The molecular weight excluding hydrogens is 218 g/mol. The van der Waals surface area contributed by atoms with E-state index in [0.717, 1.165) is 0 Å². The quantitative estimate of drug-likeness (QED) is 0.675. The van der Waals surface area contributed by atoms with E-state index in [1.54, 1.807) is 0 Å². The predicted octanol–water partition coefficient (Wildman–Crippen LogP) is -0.978. The number of nitrogen functional groups attached to an aromatic ring is 1. The Bertz CT molecular complexity index is 498. The van der Waals surface area contributed by atoms with E-state index in [0.29, 0.717) is 17.1 Å². The second-order valence-electron chi connectivity index (χ2n) is 3.46. The van der Waals surface area contributed by atoms with E-state index in [1.807, 2.05) is 0 Å². The van der Waals surface area contributed by atoms with E-state index >= 15 is 0 Å². The zero-order chi connectivity index (χ0) is 11.1. The van der Waals surface area contributed by atoms with E-state index in [4.69, 9.17) is 10.8 Å². The fourth-order valence-corrected chi connectivity index (χ4v) is 3.08. The van der Waals surface area contributed by atoms with Gasteiger partial charge in [-0.3, -0.25) is 0 Å². The summed E-state index contributed by atoms with van der Waals surface area (Å²) < 4.78 is 22.7. The van der Waals surface area contributed by atoms with Crippen LogP contribution in [0.4, 0.5) is 5.82 Å². The Morgan fingerprint density at radius 3 is 2.73 bits per heavy atom. The van der Waals surface area contributed by atoms with Gasteiger partial charge in [0.2, 0.25) is 0 Å². The van der Waals surface area contributed by atoms with Crippen LogP contribution in [0.1, 0.15) is 17.1 Å². The molecular formula is C8H11N3O3S. The minimum atomic E-state index is -3.10. The summed E-state index contributed by atoms with van der Waals surface area (Å²) in [6.45, 7) is -0.0784. The summed E-state index contributed by atoms with van der Waals surface area (Å²) in [6, 6.07) is 0. The van der Waals surface area contributed by atoms with Gasteiger partial charge in [-0.1, -0.05) is 0 Å². The molecule has 2 rings (SSSR count). The normalized spacial score (nSPS) is 17.7. The average molecular weight is 229 g/mol. The third-order valence-corrected chi connectivity index (χ3v) is 3.67. The maximum absolute atomic E-state index is 11.3. The molecule has 0 atom stereocenters. The van der Waals surface area contributed by atoms with Crippen molar-refractivity contribution < 1.29 is 13.5 Å². The van der Waals surface area contributed by atoms with Crippen molar-refractivity contribution in [2.24, 2.45) is 0 Å². The maximum atomic E-state index is 11.3. The molecule has 1 aromatic rings. The molecule has 0 aromatic carbocycles. The highest BCUT2D eigenvalue weighted by atomic mass is 32.2. The first-order valence-corrected chi connectivity index (χ1v) is 6.29. The fourth-order valence-electron chi connectivity index (χ4n) is 1.57. The van der Waals surface area contributed by atoms with Crippen molar-refractivity contribution in [3.63, 3.8) is 0 Å².